The van der Waals surface area contributed by atoms with Crippen molar-refractivity contribution in [2.75, 3.05) is 13.2 Å². The SMILES string of the molecule is CCOC(C)c1nc2c(s1)CCCC2CNC(C)(C)C. The fraction of sp³-hybridized carbons (Fsp3) is 0.812. The molecule has 0 saturated carbocycles. The van der Waals surface area contributed by atoms with Gasteiger partial charge in [-0.25, -0.2) is 4.98 Å². The molecule has 2 unspecified atom stereocenters. The van der Waals surface area contributed by atoms with E-state index in [4.69, 9.17) is 9.72 Å². The molecule has 0 aromatic carbocycles. The lowest BCUT2D eigenvalue weighted by atomic mass is 9.90. The monoisotopic (exact) mass is 296 g/mol. The summed E-state index contributed by atoms with van der Waals surface area (Å²) in [4.78, 5) is 6.39. The van der Waals surface area contributed by atoms with Crippen LogP contribution < -0.4 is 5.32 Å². The highest BCUT2D eigenvalue weighted by Gasteiger charge is 2.27. The fourth-order valence-corrected chi connectivity index (χ4v) is 3.84. The van der Waals surface area contributed by atoms with Crippen molar-refractivity contribution in [2.24, 2.45) is 0 Å². The van der Waals surface area contributed by atoms with Crippen LogP contribution in [0.25, 0.3) is 0 Å². The van der Waals surface area contributed by atoms with E-state index < -0.39 is 0 Å². The second-order valence-corrected chi connectivity index (χ2v) is 7.79. The second-order valence-electron chi connectivity index (χ2n) is 6.68. The first-order valence-corrected chi connectivity index (χ1v) is 8.58. The Morgan fingerprint density at radius 2 is 2.20 bits per heavy atom. The molecule has 1 aromatic rings. The predicted molar refractivity (Wildman–Crippen MR) is 85.6 cm³/mol. The Morgan fingerprint density at radius 3 is 2.85 bits per heavy atom. The number of rotatable bonds is 5. The molecule has 0 fully saturated rings. The van der Waals surface area contributed by atoms with E-state index in [1.54, 1.807) is 0 Å². The zero-order valence-electron chi connectivity index (χ0n) is 13.5. The minimum atomic E-state index is 0.131. The third kappa shape index (κ3) is 4.03. The van der Waals surface area contributed by atoms with Crippen LogP contribution in [0.1, 0.15) is 75.1 Å². The first kappa shape index (κ1) is 15.9. The normalized spacial score (nSPS) is 20.8. The highest BCUT2D eigenvalue weighted by molar-refractivity contribution is 7.11. The van der Waals surface area contributed by atoms with Crippen molar-refractivity contribution in [3.05, 3.63) is 15.6 Å². The number of nitrogens with one attached hydrogen (secondary N) is 1. The highest BCUT2D eigenvalue weighted by Crippen LogP contribution is 2.37. The lowest BCUT2D eigenvalue weighted by Gasteiger charge is -2.27. The van der Waals surface area contributed by atoms with Gasteiger partial charge in [0.15, 0.2) is 0 Å². The van der Waals surface area contributed by atoms with Crippen molar-refractivity contribution in [1.82, 2.24) is 10.3 Å². The Kier molecular flexibility index (Phi) is 5.21. The molecule has 0 aliphatic heterocycles. The fourth-order valence-electron chi connectivity index (χ4n) is 2.65. The Bertz CT molecular complexity index is 436. The molecule has 1 heterocycles. The van der Waals surface area contributed by atoms with E-state index in [-0.39, 0.29) is 11.6 Å². The van der Waals surface area contributed by atoms with Crippen molar-refractivity contribution in [1.29, 1.82) is 0 Å². The number of aromatic nitrogens is 1. The van der Waals surface area contributed by atoms with Crippen LogP contribution in [-0.4, -0.2) is 23.7 Å². The zero-order chi connectivity index (χ0) is 14.8. The van der Waals surface area contributed by atoms with E-state index in [1.807, 2.05) is 18.3 Å². The Hall–Kier alpha value is -0.450. The number of hydrogen-bond donors (Lipinski definition) is 1. The summed E-state index contributed by atoms with van der Waals surface area (Å²) < 4.78 is 5.69. The molecule has 1 aliphatic rings. The van der Waals surface area contributed by atoms with Gasteiger partial charge in [0.1, 0.15) is 11.1 Å². The minimum Gasteiger partial charge on any atom is -0.372 e. The molecule has 0 bridgehead atoms. The second kappa shape index (κ2) is 6.54. The van der Waals surface area contributed by atoms with Gasteiger partial charge in [0.25, 0.3) is 0 Å². The molecule has 1 aliphatic carbocycles. The van der Waals surface area contributed by atoms with Gasteiger partial charge in [-0.1, -0.05) is 0 Å². The van der Waals surface area contributed by atoms with Gasteiger partial charge in [0.05, 0.1) is 5.69 Å². The molecule has 114 valence electrons. The molecule has 3 nitrogen and oxygen atoms in total. The van der Waals surface area contributed by atoms with E-state index >= 15 is 0 Å². The first-order valence-electron chi connectivity index (χ1n) is 7.77. The summed E-state index contributed by atoms with van der Waals surface area (Å²) in [6, 6.07) is 0. The van der Waals surface area contributed by atoms with Crippen LogP contribution in [0.15, 0.2) is 0 Å². The van der Waals surface area contributed by atoms with Crippen molar-refractivity contribution < 1.29 is 4.74 Å². The third-order valence-corrected chi connectivity index (χ3v) is 5.02. The van der Waals surface area contributed by atoms with Crippen LogP contribution in [0.5, 0.6) is 0 Å². The summed E-state index contributed by atoms with van der Waals surface area (Å²) in [5, 5.41) is 4.78. The molecular weight excluding hydrogens is 268 g/mol. The van der Waals surface area contributed by atoms with E-state index in [0.717, 1.165) is 18.2 Å². The number of ether oxygens (including phenoxy) is 1. The van der Waals surface area contributed by atoms with Crippen molar-refractivity contribution in [2.45, 2.75) is 71.4 Å². The van der Waals surface area contributed by atoms with Gasteiger partial charge in [0.2, 0.25) is 0 Å². The zero-order valence-corrected chi connectivity index (χ0v) is 14.3. The van der Waals surface area contributed by atoms with Gasteiger partial charge in [-0.3, -0.25) is 0 Å². The maximum absolute atomic E-state index is 5.69. The van der Waals surface area contributed by atoms with Gasteiger partial charge in [0, 0.05) is 29.5 Å². The van der Waals surface area contributed by atoms with Crippen molar-refractivity contribution in [3.8, 4) is 0 Å². The van der Waals surface area contributed by atoms with Crippen LogP contribution in [-0.2, 0) is 11.2 Å². The quantitative estimate of drug-likeness (QED) is 0.890. The van der Waals surface area contributed by atoms with Crippen molar-refractivity contribution >= 4 is 11.3 Å². The summed E-state index contributed by atoms with van der Waals surface area (Å²) in [5.41, 5.74) is 1.51. The molecule has 1 aromatic heterocycles. The molecule has 4 heteroatoms. The lowest BCUT2D eigenvalue weighted by Crippen LogP contribution is -2.39. The summed E-state index contributed by atoms with van der Waals surface area (Å²) >= 11 is 1.86. The van der Waals surface area contributed by atoms with Crippen LogP contribution in [0, 0.1) is 0 Å². The molecule has 2 rings (SSSR count). The summed E-state index contributed by atoms with van der Waals surface area (Å²) in [6.45, 7) is 12.6. The average Bonchev–Trinajstić information content (AvgIpc) is 2.80. The van der Waals surface area contributed by atoms with E-state index in [0.29, 0.717) is 5.92 Å². The third-order valence-electron chi connectivity index (χ3n) is 3.73. The maximum Gasteiger partial charge on any atom is 0.122 e. The van der Waals surface area contributed by atoms with Gasteiger partial charge >= 0.3 is 0 Å². The summed E-state index contributed by atoms with van der Waals surface area (Å²) in [6.07, 6.45) is 3.86. The molecule has 0 amide bonds. The van der Waals surface area contributed by atoms with E-state index in [1.165, 1.54) is 29.8 Å². The Balaban J connectivity index is 2.10. The molecule has 20 heavy (non-hydrogen) atoms. The van der Waals surface area contributed by atoms with E-state index in [2.05, 4.69) is 33.0 Å². The molecule has 0 saturated heterocycles. The number of thiazole rings is 1. The molecule has 0 radical (unpaired) electrons. The smallest absolute Gasteiger partial charge is 0.122 e. The summed E-state index contributed by atoms with van der Waals surface area (Å²) in [7, 11) is 0. The van der Waals surface area contributed by atoms with Crippen LogP contribution in [0.4, 0.5) is 0 Å². The lowest BCUT2D eigenvalue weighted by molar-refractivity contribution is 0.0760. The molecular formula is C16H28N2OS. The first-order chi connectivity index (χ1) is 9.40. The highest BCUT2D eigenvalue weighted by atomic mass is 32.1. The number of hydrogen-bond acceptors (Lipinski definition) is 4. The standard InChI is InChI=1S/C16H28N2OS/c1-6-19-11(2)15-18-14-12(10-17-16(3,4)5)8-7-9-13(14)20-15/h11-12,17H,6-10H2,1-5H3. The van der Waals surface area contributed by atoms with Crippen LogP contribution >= 0.6 is 11.3 Å². The largest absolute Gasteiger partial charge is 0.372 e. The van der Waals surface area contributed by atoms with Gasteiger partial charge in [-0.15, -0.1) is 11.3 Å². The summed E-state index contributed by atoms with van der Waals surface area (Å²) in [5.74, 6) is 0.566. The van der Waals surface area contributed by atoms with Crippen LogP contribution in [0.3, 0.4) is 0 Å². The van der Waals surface area contributed by atoms with Crippen molar-refractivity contribution in [3.63, 3.8) is 0 Å². The Labute approximate surface area is 127 Å². The average molecular weight is 296 g/mol. The Morgan fingerprint density at radius 1 is 1.45 bits per heavy atom. The molecule has 1 N–H and O–H groups in total. The van der Waals surface area contributed by atoms with E-state index in [9.17, 15) is 0 Å². The predicted octanol–water partition coefficient (Wildman–Crippen LogP) is 4.05. The number of nitrogens with zero attached hydrogens (tertiary/aromatic N) is 1. The van der Waals surface area contributed by atoms with Gasteiger partial charge < -0.3 is 10.1 Å². The number of aryl methyl sites for hydroxylation is 1. The molecule has 0 spiro atoms. The molecule has 2 atom stereocenters. The topological polar surface area (TPSA) is 34.1 Å². The number of fused-ring (bicyclic) bond motifs is 1. The minimum absolute atomic E-state index is 0.131. The van der Waals surface area contributed by atoms with Crippen LogP contribution in [0.2, 0.25) is 0 Å². The maximum atomic E-state index is 5.69. The van der Waals surface area contributed by atoms with Gasteiger partial charge in [-0.05, 0) is 53.9 Å². The van der Waals surface area contributed by atoms with Gasteiger partial charge in [-0.2, -0.15) is 0 Å².